The minimum absolute atomic E-state index is 0.786. The molecule has 0 spiro atoms. The first-order valence-corrected chi connectivity index (χ1v) is 3.99. The Morgan fingerprint density at radius 1 is 1.67 bits per heavy atom. The van der Waals surface area contributed by atoms with Gasteiger partial charge in [-0.1, -0.05) is 26.3 Å². The highest BCUT2D eigenvalue weighted by molar-refractivity contribution is 7.84. The van der Waals surface area contributed by atoms with Crippen molar-refractivity contribution in [3.63, 3.8) is 0 Å². The van der Waals surface area contributed by atoms with Crippen molar-refractivity contribution >= 4 is 12.6 Å². The van der Waals surface area contributed by atoms with Crippen molar-refractivity contribution < 1.29 is 0 Å². The molecule has 0 saturated heterocycles. The van der Waals surface area contributed by atoms with Crippen LogP contribution in [0.1, 0.15) is 33.6 Å². The van der Waals surface area contributed by atoms with Gasteiger partial charge in [0.25, 0.3) is 0 Å². The van der Waals surface area contributed by atoms with Crippen LogP contribution in [0.4, 0.5) is 0 Å². The van der Waals surface area contributed by atoms with E-state index < -0.39 is 0 Å². The zero-order valence-electron chi connectivity index (χ0n) is 6.52. The fourth-order valence-electron chi connectivity index (χ4n) is 0.619. The van der Waals surface area contributed by atoms with E-state index in [0.29, 0.717) is 0 Å². The van der Waals surface area contributed by atoms with E-state index in [-0.39, 0.29) is 0 Å². The first kappa shape index (κ1) is 9.09. The van der Waals surface area contributed by atoms with Crippen LogP contribution in [-0.2, 0) is 0 Å². The molecule has 54 valence electrons. The van der Waals surface area contributed by atoms with Crippen LogP contribution in [0.2, 0.25) is 0 Å². The van der Waals surface area contributed by atoms with Crippen LogP contribution in [0.15, 0.2) is 11.0 Å². The van der Waals surface area contributed by atoms with Gasteiger partial charge in [0.15, 0.2) is 0 Å². The largest absolute Gasteiger partial charge is 0.148 e. The lowest BCUT2D eigenvalue weighted by atomic mass is 10.1. The van der Waals surface area contributed by atoms with Crippen molar-refractivity contribution in [2.24, 2.45) is 5.92 Å². The van der Waals surface area contributed by atoms with Crippen molar-refractivity contribution in [1.29, 1.82) is 0 Å². The maximum atomic E-state index is 4.28. The molecule has 0 aliphatic carbocycles. The van der Waals surface area contributed by atoms with Crippen LogP contribution in [0.25, 0.3) is 0 Å². The summed E-state index contributed by atoms with van der Waals surface area (Å²) in [7, 11) is 0. The Bertz CT molecular complexity index is 94.7. The minimum Gasteiger partial charge on any atom is -0.148 e. The van der Waals surface area contributed by atoms with Gasteiger partial charge >= 0.3 is 0 Å². The highest BCUT2D eigenvalue weighted by atomic mass is 32.1. The van der Waals surface area contributed by atoms with Crippen LogP contribution < -0.4 is 0 Å². The van der Waals surface area contributed by atoms with Gasteiger partial charge in [-0.25, -0.2) is 0 Å². The van der Waals surface area contributed by atoms with Gasteiger partial charge in [0.05, 0.1) is 0 Å². The summed E-state index contributed by atoms with van der Waals surface area (Å²) in [5.41, 5.74) is 0. The van der Waals surface area contributed by atoms with Crippen LogP contribution >= 0.6 is 12.6 Å². The molecule has 1 unspecified atom stereocenters. The highest BCUT2D eigenvalue weighted by Crippen LogP contribution is 2.16. The summed E-state index contributed by atoms with van der Waals surface area (Å²) in [6.07, 6.45) is 4.45. The molecule has 0 aliphatic rings. The number of hydrogen-bond acceptors (Lipinski definition) is 1. The van der Waals surface area contributed by atoms with Gasteiger partial charge in [-0.15, -0.1) is 12.6 Å². The van der Waals surface area contributed by atoms with E-state index in [1.54, 1.807) is 0 Å². The highest BCUT2D eigenvalue weighted by Gasteiger charge is 1.97. The topological polar surface area (TPSA) is 0 Å². The van der Waals surface area contributed by atoms with E-state index in [9.17, 15) is 0 Å². The summed E-state index contributed by atoms with van der Waals surface area (Å²) in [5, 5.41) is 0. The molecule has 0 aromatic carbocycles. The average Bonchev–Trinajstić information content (AvgIpc) is 1.87. The Kier molecular flexibility index (Phi) is 4.97. The van der Waals surface area contributed by atoms with Crippen molar-refractivity contribution in [2.45, 2.75) is 33.6 Å². The average molecular weight is 144 g/mol. The molecule has 0 aliphatic heterocycles. The predicted octanol–water partition coefficient (Wildman–Crippen LogP) is 3.26. The van der Waals surface area contributed by atoms with Gasteiger partial charge in [-0.05, 0) is 24.2 Å². The van der Waals surface area contributed by atoms with Gasteiger partial charge in [-0.2, -0.15) is 0 Å². The van der Waals surface area contributed by atoms with E-state index >= 15 is 0 Å². The van der Waals surface area contributed by atoms with Crippen molar-refractivity contribution in [3.8, 4) is 0 Å². The summed E-state index contributed by atoms with van der Waals surface area (Å²) >= 11 is 4.28. The SMILES string of the molecule is C/C=C(\S)CC(C)CC. The summed E-state index contributed by atoms with van der Waals surface area (Å²) in [6, 6.07) is 0. The molecule has 0 amide bonds. The monoisotopic (exact) mass is 144 g/mol. The molecule has 0 saturated carbocycles. The first-order chi connectivity index (χ1) is 4.20. The van der Waals surface area contributed by atoms with Crippen LogP contribution in [-0.4, -0.2) is 0 Å². The fourth-order valence-corrected chi connectivity index (χ4v) is 0.931. The Morgan fingerprint density at radius 3 is 2.56 bits per heavy atom. The number of hydrogen-bond donors (Lipinski definition) is 1. The maximum absolute atomic E-state index is 4.28. The molecule has 0 rings (SSSR count). The fraction of sp³-hybridized carbons (Fsp3) is 0.750. The Labute approximate surface area is 63.8 Å². The second-order valence-corrected chi connectivity index (χ2v) is 3.07. The van der Waals surface area contributed by atoms with Crippen LogP contribution in [0.3, 0.4) is 0 Å². The first-order valence-electron chi connectivity index (χ1n) is 3.54. The molecular formula is C8H16S. The minimum atomic E-state index is 0.786. The van der Waals surface area contributed by atoms with E-state index in [1.807, 2.05) is 6.92 Å². The zero-order valence-corrected chi connectivity index (χ0v) is 7.41. The molecule has 1 atom stereocenters. The second kappa shape index (κ2) is 4.92. The third kappa shape index (κ3) is 4.58. The molecule has 0 N–H and O–H groups in total. The van der Waals surface area contributed by atoms with E-state index in [2.05, 4.69) is 32.6 Å². The number of rotatable bonds is 3. The zero-order chi connectivity index (χ0) is 7.28. The molecule has 9 heavy (non-hydrogen) atoms. The number of allylic oxidation sites excluding steroid dienone is 2. The molecule has 0 heterocycles. The quantitative estimate of drug-likeness (QED) is 0.577. The van der Waals surface area contributed by atoms with Gasteiger partial charge in [0, 0.05) is 0 Å². The third-order valence-electron chi connectivity index (χ3n) is 1.59. The predicted molar refractivity (Wildman–Crippen MR) is 46.8 cm³/mol. The molecule has 0 fully saturated rings. The standard InChI is InChI=1S/C8H16S/c1-4-7(3)6-8(9)5-2/h5,7,9H,4,6H2,1-3H3/b8-5-. The molecule has 0 radical (unpaired) electrons. The summed E-state index contributed by atoms with van der Waals surface area (Å²) in [4.78, 5) is 1.21. The lowest BCUT2D eigenvalue weighted by Gasteiger charge is -2.05. The van der Waals surface area contributed by atoms with Crippen molar-refractivity contribution in [1.82, 2.24) is 0 Å². The van der Waals surface area contributed by atoms with Crippen LogP contribution in [0, 0.1) is 5.92 Å². The molecule has 0 nitrogen and oxygen atoms in total. The van der Waals surface area contributed by atoms with Crippen molar-refractivity contribution in [2.75, 3.05) is 0 Å². The molecule has 1 heteroatoms. The van der Waals surface area contributed by atoms with E-state index in [1.165, 1.54) is 11.3 Å². The molecule has 0 aromatic rings. The summed E-state index contributed by atoms with van der Waals surface area (Å²) in [5.74, 6) is 0.786. The maximum Gasteiger partial charge on any atom is -0.0199 e. The van der Waals surface area contributed by atoms with E-state index in [4.69, 9.17) is 0 Å². The van der Waals surface area contributed by atoms with Gasteiger partial charge < -0.3 is 0 Å². The van der Waals surface area contributed by atoms with E-state index in [0.717, 1.165) is 12.3 Å². The smallest absolute Gasteiger partial charge is 0.0199 e. The molecular weight excluding hydrogens is 128 g/mol. The Balaban J connectivity index is 3.47. The Hall–Kier alpha value is 0.0900. The normalized spacial score (nSPS) is 15.8. The third-order valence-corrected chi connectivity index (χ3v) is 2.03. The summed E-state index contributed by atoms with van der Waals surface area (Å²) in [6.45, 7) is 6.49. The van der Waals surface area contributed by atoms with Gasteiger partial charge in [-0.3, -0.25) is 0 Å². The lowest BCUT2D eigenvalue weighted by Crippen LogP contribution is -1.90. The summed E-state index contributed by atoms with van der Waals surface area (Å²) < 4.78 is 0. The van der Waals surface area contributed by atoms with Gasteiger partial charge in [0.1, 0.15) is 0 Å². The second-order valence-electron chi connectivity index (χ2n) is 2.50. The van der Waals surface area contributed by atoms with Crippen LogP contribution in [0.5, 0.6) is 0 Å². The van der Waals surface area contributed by atoms with Gasteiger partial charge in [0.2, 0.25) is 0 Å². The van der Waals surface area contributed by atoms with Crippen molar-refractivity contribution in [3.05, 3.63) is 11.0 Å². The molecule has 0 bridgehead atoms. The lowest BCUT2D eigenvalue weighted by molar-refractivity contribution is 0.568. The number of thiol groups is 1. The Morgan fingerprint density at radius 2 is 2.22 bits per heavy atom. The molecule has 0 aromatic heterocycles.